The number of hydrogen-bond donors (Lipinski definition) is 2. The highest BCUT2D eigenvalue weighted by Gasteiger charge is 2.22. The number of halogens is 1. The topological polar surface area (TPSA) is 108 Å². The quantitative estimate of drug-likeness (QED) is 0.513. The van der Waals surface area contributed by atoms with Crippen LogP contribution in [0.3, 0.4) is 0 Å². The molecule has 0 saturated carbocycles. The molecule has 7 nitrogen and oxygen atoms in total. The standard InChI is InChI=1S/C23H23FN2O5S/c1-30-17-11-10-16(20(13-17)31-2)14-26-32(28,29)21-9-4-3-7-18(21)19-8-5-6-15(23(19)24)12-22(25)27/h3-11,13,26H,12,14H2,1-2H3,(H2,25,27). The Hall–Kier alpha value is -3.43. The number of carbonyl (C=O) groups excluding carboxylic acids is 1. The smallest absolute Gasteiger partial charge is 0.241 e. The van der Waals surface area contributed by atoms with Gasteiger partial charge in [0, 0.05) is 29.3 Å². The van der Waals surface area contributed by atoms with Crippen LogP contribution >= 0.6 is 0 Å². The first-order valence-electron chi connectivity index (χ1n) is 9.62. The number of primary amides is 1. The highest BCUT2D eigenvalue weighted by atomic mass is 32.2. The fraction of sp³-hybridized carbons (Fsp3) is 0.174. The minimum atomic E-state index is -4.03. The molecule has 3 aromatic carbocycles. The van der Waals surface area contributed by atoms with E-state index in [1.807, 2.05) is 0 Å². The third-order valence-electron chi connectivity index (χ3n) is 4.86. The molecule has 0 atom stereocenters. The van der Waals surface area contributed by atoms with Gasteiger partial charge in [0.15, 0.2) is 0 Å². The van der Waals surface area contributed by atoms with Gasteiger partial charge in [0.25, 0.3) is 0 Å². The van der Waals surface area contributed by atoms with Crippen molar-refractivity contribution in [2.75, 3.05) is 14.2 Å². The van der Waals surface area contributed by atoms with Crippen molar-refractivity contribution in [1.82, 2.24) is 4.72 Å². The van der Waals surface area contributed by atoms with Gasteiger partial charge in [-0.2, -0.15) is 0 Å². The maximum atomic E-state index is 15.1. The predicted molar refractivity (Wildman–Crippen MR) is 118 cm³/mol. The van der Waals surface area contributed by atoms with Crippen LogP contribution in [0.25, 0.3) is 11.1 Å². The summed E-state index contributed by atoms with van der Waals surface area (Å²) in [5.74, 6) is -0.335. The lowest BCUT2D eigenvalue weighted by Crippen LogP contribution is -2.24. The molecule has 0 heterocycles. The molecule has 0 aliphatic carbocycles. The number of amides is 1. The Morgan fingerprint density at radius 1 is 0.969 bits per heavy atom. The molecule has 0 radical (unpaired) electrons. The van der Waals surface area contributed by atoms with Crippen LogP contribution in [0.2, 0.25) is 0 Å². The molecular formula is C23H23FN2O5S. The molecule has 0 unspecified atom stereocenters. The molecule has 0 fully saturated rings. The highest BCUT2D eigenvalue weighted by molar-refractivity contribution is 7.89. The van der Waals surface area contributed by atoms with E-state index in [1.54, 1.807) is 36.4 Å². The van der Waals surface area contributed by atoms with Crippen molar-refractivity contribution in [3.8, 4) is 22.6 Å². The molecule has 0 aliphatic heterocycles. The molecule has 0 aromatic heterocycles. The summed E-state index contributed by atoms with van der Waals surface area (Å²) in [5.41, 5.74) is 6.12. The Morgan fingerprint density at radius 2 is 1.69 bits per heavy atom. The summed E-state index contributed by atoms with van der Waals surface area (Å²) in [4.78, 5) is 11.1. The maximum Gasteiger partial charge on any atom is 0.241 e. The van der Waals surface area contributed by atoms with Gasteiger partial charge in [0.1, 0.15) is 17.3 Å². The Morgan fingerprint density at radius 3 is 2.38 bits per heavy atom. The summed E-state index contributed by atoms with van der Waals surface area (Å²) in [5, 5.41) is 0. The number of hydrogen-bond acceptors (Lipinski definition) is 5. The van der Waals surface area contributed by atoms with E-state index in [1.165, 1.54) is 38.5 Å². The normalized spacial score (nSPS) is 11.2. The van der Waals surface area contributed by atoms with Crippen molar-refractivity contribution in [1.29, 1.82) is 0 Å². The molecule has 168 valence electrons. The Labute approximate surface area is 186 Å². The van der Waals surface area contributed by atoms with E-state index in [9.17, 15) is 13.2 Å². The first kappa shape index (κ1) is 23.2. The van der Waals surface area contributed by atoms with E-state index in [2.05, 4.69) is 4.72 Å². The van der Waals surface area contributed by atoms with Gasteiger partial charge >= 0.3 is 0 Å². The molecule has 0 spiro atoms. The Balaban J connectivity index is 1.96. The van der Waals surface area contributed by atoms with Gasteiger partial charge in [-0.25, -0.2) is 17.5 Å². The van der Waals surface area contributed by atoms with Crippen LogP contribution in [0.5, 0.6) is 11.5 Å². The number of benzene rings is 3. The molecule has 0 saturated heterocycles. The van der Waals surface area contributed by atoms with E-state index < -0.39 is 21.7 Å². The first-order valence-corrected chi connectivity index (χ1v) is 11.1. The average molecular weight is 459 g/mol. The number of sulfonamides is 1. The third kappa shape index (κ3) is 5.06. The second kappa shape index (κ2) is 9.80. The van der Waals surface area contributed by atoms with Crippen LogP contribution in [0, 0.1) is 5.82 Å². The molecule has 3 aromatic rings. The van der Waals surface area contributed by atoms with Crippen LogP contribution in [0.4, 0.5) is 4.39 Å². The average Bonchev–Trinajstić information content (AvgIpc) is 2.78. The van der Waals surface area contributed by atoms with Crippen LogP contribution in [0.1, 0.15) is 11.1 Å². The Bertz CT molecular complexity index is 1240. The highest BCUT2D eigenvalue weighted by Crippen LogP contribution is 2.31. The molecule has 0 aliphatic rings. The van der Waals surface area contributed by atoms with Crippen LogP contribution in [-0.2, 0) is 27.8 Å². The van der Waals surface area contributed by atoms with Gasteiger partial charge in [-0.15, -0.1) is 0 Å². The summed E-state index contributed by atoms with van der Waals surface area (Å²) in [6.07, 6.45) is -0.288. The maximum absolute atomic E-state index is 15.1. The summed E-state index contributed by atoms with van der Waals surface area (Å²) in [6.45, 7) is -0.0476. The lowest BCUT2D eigenvalue weighted by Gasteiger charge is -2.15. The largest absolute Gasteiger partial charge is 0.497 e. The first-order chi connectivity index (χ1) is 15.3. The van der Waals surface area contributed by atoms with E-state index in [-0.39, 0.29) is 34.6 Å². The van der Waals surface area contributed by atoms with E-state index in [0.29, 0.717) is 17.1 Å². The van der Waals surface area contributed by atoms with E-state index in [0.717, 1.165) is 0 Å². The van der Waals surface area contributed by atoms with Crippen molar-refractivity contribution >= 4 is 15.9 Å². The molecule has 9 heteroatoms. The number of nitrogens with two attached hydrogens (primary N) is 1. The molecule has 32 heavy (non-hydrogen) atoms. The van der Waals surface area contributed by atoms with Gasteiger partial charge in [0.2, 0.25) is 15.9 Å². The zero-order valence-electron chi connectivity index (χ0n) is 17.6. The zero-order valence-corrected chi connectivity index (χ0v) is 18.4. The van der Waals surface area contributed by atoms with Gasteiger partial charge in [-0.05, 0) is 17.7 Å². The summed E-state index contributed by atoms with van der Waals surface area (Å²) in [6, 6.07) is 15.6. The second-order valence-corrected chi connectivity index (χ2v) is 8.66. The van der Waals surface area contributed by atoms with Crippen molar-refractivity contribution in [2.24, 2.45) is 5.73 Å². The van der Waals surface area contributed by atoms with Crippen LogP contribution in [-0.4, -0.2) is 28.5 Å². The lowest BCUT2D eigenvalue weighted by atomic mass is 10.0. The zero-order chi connectivity index (χ0) is 23.3. The van der Waals surface area contributed by atoms with Crippen molar-refractivity contribution in [3.05, 3.63) is 77.6 Å². The fourth-order valence-corrected chi connectivity index (χ4v) is 4.51. The second-order valence-electron chi connectivity index (χ2n) is 6.92. The van der Waals surface area contributed by atoms with Crippen molar-refractivity contribution in [3.63, 3.8) is 0 Å². The number of carbonyl (C=O) groups is 1. The van der Waals surface area contributed by atoms with Crippen LogP contribution in [0.15, 0.2) is 65.6 Å². The molecule has 3 N–H and O–H groups in total. The number of rotatable bonds is 9. The van der Waals surface area contributed by atoms with E-state index in [4.69, 9.17) is 15.2 Å². The monoisotopic (exact) mass is 458 g/mol. The summed E-state index contributed by atoms with van der Waals surface area (Å²) >= 11 is 0. The summed E-state index contributed by atoms with van der Waals surface area (Å²) < 4.78 is 54.3. The molecular weight excluding hydrogens is 435 g/mol. The lowest BCUT2D eigenvalue weighted by molar-refractivity contribution is -0.117. The number of methoxy groups -OCH3 is 2. The van der Waals surface area contributed by atoms with Gasteiger partial charge in [0.05, 0.1) is 25.5 Å². The fourth-order valence-electron chi connectivity index (χ4n) is 3.28. The van der Waals surface area contributed by atoms with Gasteiger partial charge in [-0.3, -0.25) is 4.79 Å². The van der Waals surface area contributed by atoms with Crippen molar-refractivity contribution in [2.45, 2.75) is 17.9 Å². The number of ether oxygens (including phenoxy) is 2. The van der Waals surface area contributed by atoms with Crippen LogP contribution < -0.4 is 19.9 Å². The Kier molecular flexibility index (Phi) is 7.12. The van der Waals surface area contributed by atoms with Gasteiger partial charge in [-0.1, -0.05) is 42.5 Å². The minimum absolute atomic E-state index is 0.0476. The molecule has 1 amide bonds. The number of nitrogens with one attached hydrogen (secondary N) is 1. The van der Waals surface area contributed by atoms with E-state index >= 15 is 4.39 Å². The van der Waals surface area contributed by atoms with Crippen molar-refractivity contribution < 1.29 is 27.1 Å². The predicted octanol–water partition coefficient (Wildman–Crippen LogP) is 3.02. The summed E-state index contributed by atoms with van der Waals surface area (Å²) in [7, 11) is -1.03. The van der Waals surface area contributed by atoms with Gasteiger partial charge < -0.3 is 15.2 Å². The minimum Gasteiger partial charge on any atom is -0.497 e. The SMILES string of the molecule is COc1ccc(CNS(=O)(=O)c2ccccc2-c2cccc(CC(N)=O)c2F)c(OC)c1. The third-order valence-corrected chi connectivity index (χ3v) is 6.32. The molecule has 0 bridgehead atoms. The molecule has 3 rings (SSSR count).